The zero-order chi connectivity index (χ0) is 17.0. The van der Waals surface area contributed by atoms with Crippen LogP contribution < -0.4 is 0 Å². The molecular weight excluding hydrogens is 308 g/mol. The van der Waals surface area contributed by atoms with Gasteiger partial charge in [-0.2, -0.15) is 0 Å². The van der Waals surface area contributed by atoms with Crippen LogP contribution in [0.15, 0.2) is 0 Å². The molecule has 2 bridgehead atoms. The van der Waals surface area contributed by atoms with Gasteiger partial charge in [0.1, 0.15) is 18.3 Å². The average Bonchev–Trinajstić information content (AvgIpc) is 2.85. The van der Waals surface area contributed by atoms with Crippen LogP contribution in [0, 0.1) is 16.7 Å². The molecule has 2 heterocycles. The van der Waals surface area contributed by atoms with Gasteiger partial charge in [0.2, 0.25) is 5.60 Å². The Labute approximate surface area is 132 Å². The molecule has 4 fully saturated rings. The van der Waals surface area contributed by atoms with Crippen molar-refractivity contribution in [2.24, 2.45) is 16.7 Å². The first-order valence-electron chi connectivity index (χ1n) is 7.76. The van der Waals surface area contributed by atoms with E-state index in [9.17, 15) is 30.0 Å². The van der Waals surface area contributed by atoms with Gasteiger partial charge in [-0.1, -0.05) is 6.92 Å². The molecule has 8 atom stereocenters. The Hall–Kier alpha value is -1.22. The molecule has 128 valence electrons. The maximum Gasteiger partial charge on any atom is 0.342 e. The summed E-state index contributed by atoms with van der Waals surface area (Å²) in [5.41, 5.74) is -7.32. The SMILES string of the molecule is C[C@@H]1CC(O)C2(O)C13CC(OC(=O)[C@@H]3O)C1(O)C(=O)OCC12C. The molecule has 0 radical (unpaired) electrons. The van der Waals surface area contributed by atoms with Crippen molar-refractivity contribution in [2.45, 2.75) is 56.2 Å². The molecule has 0 aromatic heterocycles. The minimum absolute atomic E-state index is 0.115. The summed E-state index contributed by atoms with van der Waals surface area (Å²) in [5.74, 6) is -2.40. The van der Waals surface area contributed by atoms with Crippen molar-refractivity contribution in [1.82, 2.24) is 0 Å². The van der Waals surface area contributed by atoms with Gasteiger partial charge in [-0.15, -0.1) is 0 Å². The normalized spacial score (nSPS) is 60.8. The zero-order valence-electron chi connectivity index (χ0n) is 12.9. The second-order valence-corrected chi connectivity index (χ2v) is 7.67. The smallest absolute Gasteiger partial charge is 0.342 e. The Morgan fingerprint density at radius 1 is 1.22 bits per heavy atom. The molecule has 4 rings (SSSR count). The number of carbonyl (C=O) groups is 2. The summed E-state index contributed by atoms with van der Waals surface area (Å²) in [6.07, 6.45) is -4.17. The lowest BCUT2D eigenvalue weighted by Crippen LogP contribution is -2.82. The van der Waals surface area contributed by atoms with E-state index in [0.29, 0.717) is 0 Å². The maximum absolute atomic E-state index is 12.2. The van der Waals surface area contributed by atoms with Crippen LogP contribution in [0.3, 0.4) is 0 Å². The lowest BCUT2D eigenvalue weighted by Gasteiger charge is -2.64. The predicted octanol–water partition coefficient (Wildman–Crippen LogP) is -1.91. The minimum atomic E-state index is -2.26. The third kappa shape index (κ3) is 1.18. The molecule has 4 N–H and O–H groups in total. The highest BCUT2D eigenvalue weighted by molar-refractivity contribution is 5.87. The van der Waals surface area contributed by atoms with E-state index in [1.807, 2.05) is 0 Å². The number of hydrogen-bond acceptors (Lipinski definition) is 8. The standard InChI is InChI=1S/C15H20O8/c1-6-3-7(16)15(21)12(2)5-22-11(19)14(12,20)8-4-13(6,15)9(17)10(18)23-8/h6-9,16-17,20-21H,3-5H2,1-2H3/t6-,7?,8?,9+,12?,13?,14?,15?/m1/s1. The van der Waals surface area contributed by atoms with Gasteiger partial charge in [0.25, 0.3) is 0 Å². The lowest BCUT2D eigenvalue weighted by atomic mass is 9.44. The summed E-state index contributed by atoms with van der Waals surface area (Å²) < 4.78 is 10.1. The molecule has 8 heteroatoms. The van der Waals surface area contributed by atoms with Crippen LogP contribution >= 0.6 is 0 Å². The van der Waals surface area contributed by atoms with Crippen molar-refractivity contribution in [1.29, 1.82) is 0 Å². The number of carbonyl (C=O) groups excluding carboxylic acids is 2. The Balaban J connectivity index is 2.04. The Morgan fingerprint density at radius 2 is 1.87 bits per heavy atom. The quantitative estimate of drug-likeness (QED) is 0.379. The van der Waals surface area contributed by atoms with Crippen molar-refractivity contribution in [3.63, 3.8) is 0 Å². The Kier molecular flexibility index (Phi) is 2.58. The molecule has 2 aliphatic heterocycles. The van der Waals surface area contributed by atoms with Gasteiger partial charge >= 0.3 is 11.9 Å². The molecular formula is C15H20O8. The van der Waals surface area contributed by atoms with E-state index in [0.717, 1.165) is 0 Å². The second kappa shape index (κ2) is 3.88. The number of ether oxygens (including phenoxy) is 2. The second-order valence-electron chi connectivity index (χ2n) is 7.67. The summed E-state index contributed by atoms with van der Waals surface area (Å²) in [7, 11) is 0. The average molecular weight is 328 g/mol. The summed E-state index contributed by atoms with van der Waals surface area (Å²) in [6, 6.07) is 0. The first-order valence-corrected chi connectivity index (χ1v) is 7.76. The summed E-state index contributed by atoms with van der Waals surface area (Å²) in [6.45, 7) is 2.84. The lowest BCUT2D eigenvalue weighted by molar-refractivity contribution is -0.333. The summed E-state index contributed by atoms with van der Waals surface area (Å²) >= 11 is 0. The Morgan fingerprint density at radius 3 is 2.52 bits per heavy atom. The minimum Gasteiger partial charge on any atom is -0.463 e. The van der Waals surface area contributed by atoms with Crippen molar-refractivity contribution >= 4 is 11.9 Å². The van der Waals surface area contributed by atoms with Crippen molar-refractivity contribution in [3.05, 3.63) is 0 Å². The maximum atomic E-state index is 12.2. The van der Waals surface area contributed by atoms with Crippen molar-refractivity contribution in [3.8, 4) is 0 Å². The molecule has 23 heavy (non-hydrogen) atoms. The van der Waals surface area contributed by atoms with Crippen LogP contribution in [0.1, 0.15) is 26.7 Å². The molecule has 2 saturated carbocycles. The number of rotatable bonds is 0. The van der Waals surface area contributed by atoms with Gasteiger partial charge in [0.05, 0.1) is 11.5 Å². The third-order valence-corrected chi connectivity index (χ3v) is 7.09. The van der Waals surface area contributed by atoms with Gasteiger partial charge in [-0.25, -0.2) is 9.59 Å². The third-order valence-electron chi connectivity index (χ3n) is 7.09. The van der Waals surface area contributed by atoms with Crippen LogP contribution in [-0.2, 0) is 19.1 Å². The van der Waals surface area contributed by atoms with E-state index >= 15 is 0 Å². The van der Waals surface area contributed by atoms with Crippen molar-refractivity contribution in [2.75, 3.05) is 6.61 Å². The van der Waals surface area contributed by atoms with E-state index in [4.69, 9.17) is 9.47 Å². The Bertz CT molecular complexity index is 621. The molecule has 1 spiro atoms. The van der Waals surface area contributed by atoms with E-state index < -0.39 is 58.2 Å². The number of esters is 2. The molecule has 0 aromatic carbocycles. The van der Waals surface area contributed by atoms with Crippen LogP contribution in [0.5, 0.6) is 0 Å². The highest BCUT2D eigenvalue weighted by atomic mass is 16.6. The van der Waals surface area contributed by atoms with E-state index in [1.165, 1.54) is 6.92 Å². The van der Waals surface area contributed by atoms with Gasteiger partial charge in [-0.3, -0.25) is 0 Å². The van der Waals surface area contributed by atoms with Gasteiger partial charge < -0.3 is 29.9 Å². The van der Waals surface area contributed by atoms with E-state index in [-0.39, 0.29) is 19.4 Å². The molecule has 2 aliphatic carbocycles. The largest absolute Gasteiger partial charge is 0.463 e. The van der Waals surface area contributed by atoms with Gasteiger partial charge in [-0.05, 0) is 25.7 Å². The molecule has 0 aromatic rings. The fourth-order valence-electron chi connectivity index (χ4n) is 5.77. The first-order chi connectivity index (χ1) is 10.6. The topological polar surface area (TPSA) is 134 Å². The highest BCUT2D eigenvalue weighted by Crippen LogP contribution is 2.71. The van der Waals surface area contributed by atoms with Crippen LogP contribution in [0.25, 0.3) is 0 Å². The molecule has 2 saturated heterocycles. The monoisotopic (exact) mass is 328 g/mol. The van der Waals surface area contributed by atoms with E-state index in [1.54, 1.807) is 6.92 Å². The van der Waals surface area contributed by atoms with Crippen LogP contribution in [0.2, 0.25) is 0 Å². The van der Waals surface area contributed by atoms with E-state index in [2.05, 4.69) is 0 Å². The predicted molar refractivity (Wildman–Crippen MR) is 71.7 cm³/mol. The fourth-order valence-corrected chi connectivity index (χ4v) is 5.77. The highest BCUT2D eigenvalue weighted by Gasteiger charge is 2.87. The van der Waals surface area contributed by atoms with Gasteiger partial charge in [0, 0.05) is 5.41 Å². The van der Waals surface area contributed by atoms with Crippen LogP contribution in [0.4, 0.5) is 0 Å². The van der Waals surface area contributed by atoms with Crippen molar-refractivity contribution < 1.29 is 39.5 Å². The first kappa shape index (κ1) is 15.3. The molecule has 6 unspecified atom stereocenters. The summed E-state index contributed by atoms with van der Waals surface area (Å²) in [4.78, 5) is 24.4. The van der Waals surface area contributed by atoms with Crippen LogP contribution in [-0.4, -0.2) is 68.5 Å². The molecule has 0 amide bonds. The van der Waals surface area contributed by atoms with Gasteiger partial charge in [0.15, 0.2) is 6.10 Å². The number of aliphatic hydroxyl groups excluding tert-OH is 2. The number of cyclic esters (lactones) is 1. The number of aliphatic hydroxyl groups is 4. The number of hydrogen-bond donors (Lipinski definition) is 4. The summed E-state index contributed by atoms with van der Waals surface area (Å²) in [5, 5.41) is 43.7. The fraction of sp³-hybridized carbons (Fsp3) is 0.867. The molecule has 8 nitrogen and oxygen atoms in total. The number of fused-ring (bicyclic) bond motifs is 4. The zero-order valence-corrected chi connectivity index (χ0v) is 12.9. The molecule has 4 aliphatic rings.